The molecule has 7 heteroatoms. The number of aryl methyl sites for hydroxylation is 1. The summed E-state index contributed by atoms with van der Waals surface area (Å²) in [6, 6.07) is 16.8. The van der Waals surface area contributed by atoms with Crippen LogP contribution in [0.15, 0.2) is 60.8 Å². The Balaban J connectivity index is 1.57. The number of benzene rings is 2. The van der Waals surface area contributed by atoms with Gasteiger partial charge in [0.2, 0.25) is 0 Å². The lowest BCUT2D eigenvalue weighted by molar-refractivity contribution is 0.102. The number of halogens is 1. The molecule has 0 aliphatic heterocycles. The van der Waals surface area contributed by atoms with Crippen molar-refractivity contribution in [3.8, 4) is 0 Å². The predicted octanol–water partition coefficient (Wildman–Crippen LogP) is 4.09. The zero-order chi connectivity index (χ0) is 18.8. The largest absolute Gasteiger partial charge is 0.307 e. The average molecular weight is 378 g/mol. The minimum absolute atomic E-state index is 0.264. The van der Waals surface area contributed by atoms with Crippen LogP contribution in [-0.2, 0) is 6.54 Å². The molecule has 0 radical (unpaired) electrons. The lowest BCUT2D eigenvalue weighted by Gasteiger charge is -2.07. The average Bonchev–Trinajstić information content (AvgIpc) is 3.07. The number of fused-ring (bicyclic) bond motifs is 1. The molecule has 0 saturated heterocycles. The van der Waals surface area contributed by atoms with Crippen LogP contribution in [-0.4, -0.2) is 25.9 Å². The van der Waals surface area contributed by atoms with Gasteiger partial charge in [-0.2, -0.15) is 0 Å². The van der Waals surface area contributed by atoms with Crippen LogP contribution >= 0.6 is 11.6 Å². The van der Waals surface area contributed by atoms with Crippen molar-refractivity contribution in [1.29, 1.82) is 0 Å². The second-order valence-corrected chi connectivity index (χ2v) is 6.63. The molecule has 0 aliphatic rings. The Labute approximate surface area is 160 Å². The third-order valence-electron chi connectivity index (χ3n) is 4.33. The van der Waals surface area contributed by atoms with Crippen LogP contribution in [0.25, 0.3) is 11.0 Å². The number of aromatic nitrogens is 4. The topological polar surface area (TPSA) is 72.7 Å². The molecule has 27 heavy (non-hydrogen) atoms. The molecule has 0 unspecified atom stereocenters. The van der Waals surface area contributed by atoms with Gasteiger partial charge >= 0.3 is 0 Å². The second-order valence-electron chi connectivity index (χ2n) is 6.19. The van der Waals surface area contributed by atoms with Crippen molar-refractivity contribution in [2.45, 2.75) is 13.5 Å². The molecular weight excluding hydrogens is 362 g/mol. The highest BCUT2D eigenvalue weighted by molar-refractivity contribution is 6.30. The highest BCUT2D eigenvalue weighted by Crippen LogP contribution is 2.18. The van der Waals surface area contributed by atoms with E-state index < -0.39 is 0 Å². The van der Waals surface area contributed by atoms with E-state index in [0.29, 0.717) is 28.5 Å². The summed E-state index contributed by atoms with van der Waals surface area (Å²) >= 11 is 5.81. The first-order valence-corrected chi connectivity index (χ1v) is 8.78. The van der Waals surface area contributed by atoms with E-state index in [4.69, 9.17) is 11.6 Å². The van der Waals surface area contributed by atoms with Gasteiger partial charge in [0.25, 0.3) is 5.91 Å². The monoisotopic (exact) mass is 377 g/mol. The summed E-state index contributed by atoms with van der Waals surface area (Å²) in [5.74, 6) is 0.174. The van der Waals surface area contributed by atoms with Crippen molar-refractivity contribution in [3.05, 3.63) is 82.5 Å². The van der Waals surface area contributed by atoms with Crippen LogP contribution < -0.4 is 5.32 Å². The summed E-state index contributed by atoms with van der Waals surface area (Å²) in [6.07, 6.45) is 1.48. The summed E-state index contributed by atoms with van der Waals surface area (Å²) in [4.78, 5) is 16.5. The summed E-state index contributed by atoms with van der Waals surface area (Å²) in [5, 5.41) is 11.7. The number of carbonyl (C=O) groups is 1. The lowest BCUT2D eigenvalue weighted by atomic mass is 10.1. The van der Waals surface area contributed by atoms with Crippen LogP contribution in [0.1, 0.15) is 21.5 Å². The number of rotatable bonds is 4. The van der Waals surface area contributed by atoms with Gasteiger partial charge in [-0.15, -0.1) is 5.10 Å². The number of hydrogen-bond donors (Lipinski definition) is 1. The minimum atomic E-state index is -0.264. The smallest absolute Gasteiger partial charge is 0.256 e. The Morgan fingerprint density at radius 2 is 2.00 bits per heavy atom. The second kappa shape index (κ2) is 7.17. The van der Waals surface area contributed by atoms with E-state index in [1.807, 2.05) is 22.9 Å². The summed E-state index contributed by atoms with van der Waals surface area (Å²) in [7, 11) is 0. The molecule has 134 valence electrons. The van der Waals surface area contributed by atoms with E-state index in [2.05, 4.69) is 39.7 Å². The van der Waals surface area contributed by atoms with Crippen molar-refractivity contribution in [1.82, 2.24) is 20.0 Å². The standard InChI is InChI=1S/C20H16ClN5O/c1-13-4-2-3-5-15(13)12-26-18-8-6-14(10-17(18)24-25-26)20(27)23-19-9-7-16(21)11-22-19/h2-11H,12H2,1H3,(H,22,23,27). The number of nitrogens with one attached hydrogen (secondary N) is 1. The lowest BCUT2D eigenvalue weighted by Crippen LogP contribution is -2.12. The molecule has 4 rings (SSSR count). The summed E-state index contributed by atoms with van der Waals surface area (Å²) in [6.45, 7) is 2.70. The molecule has 0 saturated carbocycles. The van der Waals surface area contributed by atoms with E-state index in [1.54, 1.807) is 24.3 Å². The molecule has 1 N–H and O–H groups in total. The van der Waals surface area contributed by atoms with Gasteiger partial charge in [0.05, 0.1) is 17.1 Å². The fraction of sp³-hybridized carbons (Fsp3) is 0.100. The fourth-order valence-electron chi connectivity index (χ4n) is 2.82. The van der Waals surface area contributed by atoms with Crippen LogP contribution in [0, 0.1) is 6.92 Å². The first-order chi connectivity index (χ1) is 13.1. The number of carbonyl (C=O) groups excluding carboxylic acids is 1. The zero-order valence-corrected chi connectivity index (χ0v) is 15.3. The predicted molar refractivity (Wildman–Crippen MR) is 105 cm³/mol. The van der Waals surface area contributed by atoms with Gasteiger partial charge in [-0.3, -0.25) is 4.79 Å². The summed E-state index contributed by atoms with van der Waals surface area (Å²) in [5.41, 5.74) is 4.41. The maximum Gasteiger partial charge on any atom is 0.256 e. The first kappa shape index (κ1) is 17.2. The van der Waals surface area contributed by atoms with Crippen molar-refractivity contribution in [2.75, 3.05) is 5.32 Å². The van der Waals surface area contributed by atoms with Crippen LogP contribution in [0.2, 0.25) is 5.02 Å². The first-order valence-electron chi connectivity index (χ1n) is 8.41. The molecule has 2 aromatic heterocycles. The highest BCUT2D eigenvalue weighted by atomic mass is 35.5. The Kier molecular flexibility index (Phi) is 4.56. The van der Waals surface area contributed by atoms with Crippen molar-refractivity contribution < 1.29 is 4.79 Å². The number of pyridine rings is 1. The maximum absolute atomic E-state index is 12.4. The Hall–Kier alpha value is -3.25. The highest BCUT2D eigenvalue weighted by Gasteiger charge is 2.12. The third-order valence-corrected chi connectivity index (χ3v) is 4.55. The molecule has 0 bridgehead atoms. The fourth-order valence-corrected chi connectivity index (χ4v) is 2.93. The summed E-state index contributed by atoms with van der Waals surface area (Å²) < 4.78 is 1.83. The number of amides is 1. The van der Waals surface area contributed by atoms with E-state index >= 15 is 0 Å². The Morgan fingerprint density at radius 3 is 2.78 bits per heavy atom. The van der Waals surface area contributed by atoms with Gasteiger partial charge in [0, 0.05) is 11.8 Å². The van der Waals surface area contributed by atoms with Crippen LogP contribution in [0.4, 0.5) is 5.82 Å². The van der Waals surface area contributed by atoms with Crippen LogP contribution in [0.5, 0.6) is 0 Å². The van der Waals surface area contributed by atoms with Gasteiger partial charge in [0.1, 0.15) is 11.3 Å². The molecule has 0 atom stereocenters. The molecule has 2 heterocycles. The molecular formula is C20H16ClN5O. The normalized spacial score (nSPS) is 10.9. The number of hydrogen-bond acceptors (Lipinski definition) is 4. The van der Waals surface area contributed by atoms with Crippen molar-refractivity contribution >= 4 is 34.4 Å². The molecule has 6 nitrogen and oxygen atoms in total. The zero-order valence-electron chi connectivity index (χ0n) is 14.6. The third kappa shape index (κ3) is 3.66. The molecule has 0 fully saturated rings. The molecule has 2 aromatic carbocycles. The van der Waals surface area contributed by atoms with Crippen molar-refractivity contribution in [2.24, 2.45) is 0 Å². The van der Waals surface area contributed by atoms with Gasteiger partial charge in [-0.25, -0.2) is 9.67 Å². The van der Waals surface area contributed by atoms with Gasteiger partial charge in [-0.1, -0.05) is 41.1 Å². The Bertz CT molecular complexity index is 1120. The van der Waals surface area contributed by atoms with Gasteiger partial charge < -0.3 is 5.32 Å². The minimum Gasteiger partial charge on any atom is -0.307 e. The molecule has 1 amide bonds. The molecule has 0 spiro atoms. The molecule has 4 aromatic rings. The Morgan fingerprint density at radius 1 is 1.15 bits per heavy atom. The number of anilines is 1. The van der Waals surface area contributed by atoms with Gasteiger partial charge in [0.15, 0.2) is 0 Å². The quantitative estimate of drug-likeness (QED) is 0.581. The van der Waals surface area contributed by atoms with E-state index in [0.717, 1.165) is 5.52 Å². The van der Waals surface area contributed by atoms with Crippen molar-refractivity contribution in [3.63, 3.8) is 0 Å². The maximum atomic E-state index is 12.4. The molecule has 0 aliphatic carbocycles. The van der Waals surface area contributed by atoms with Gasteiger partial charge in [-0.05, 0) is 48.4 Å². The number of nitrogens with zero attached hydrogens (tertiary/aromatic N) is 4. The van der Waals surface area contributed by atoms with E-state index in [1.165, 1.54) is 17.3 Å². The van der Waals surface area contributed by atoms with E-state index in [9.17, 15) is 4.79 Å². The van der Waals surface area contributed by atoms with Crippen LogP contribution in [0.3, 0.4) is 0 Å². The SMILES string of the molecule is Cc1ccccc1Cn1nnc2cc(C(=O)Nc3ccc(Cl)cn3)ccc21. The van der Waals surface area contributed by atoms with E-state index in [-0.39, 0.29) is 5.91 Å².